The van der Waals surface area contributed by atoms with Crippen LogP contribution in [0.25, 0.3) is 0 Å². The highest BCUT2D eigenvalue weighted by Crippen LogP contribution is 2.32. The van der Waals surface area contributed by atoms with Crippen molar-refractivity contribution in [3.63, 3.8) is 0 Å². The Morgan fingerprint density at radius 1 is 0.769 bits per heavy atom. The Labute approximate surface area is 160 Å². The smallest absolute Gasteiger partial charge is 0.306 e. The summed E-state index contributed by atoms with van der Waals surface area (Å²) < 4.78 is 0. The zero-order valence-electron chi connectivity index (χ0n) is 17.8. The maximum Gasteiger partial charge on any atom is 0.306 e. The first kappa shape index (κ1) is 24.9. The van der Waals surface area contributed by atoms with E-state index in [4.69, 9.17) is 5.11 Å². The fourth-order valence-corrected chi connectivity index (χ4v) is 3.23. The normalized spacial score (nSPS) is 13.6. The molecule has 4 heteroatoms. The third-order valence-electron chi connectivity index (χ3n) is 5.90. The Morgan fingerprint density at radius 2 is 1.35 bits per heavy atom. The van der Waals surface area contributed by atoms with Crippen molar-refractivity contribution in [3.8, 4) is 0 Å². The van der Waals surface area contributed by atoms with E-state index in [1.165, 1.54) is 32.1 Å². The lowest BCUT2D eigenvalue weighted by molar-refractivity contribution is -0.143. The van der Waals surface area contributed by atoms with Crippen molar-refractivity contribution >= 4 is 11.9 Å². The molecule has 4 nitrogen and oxygen atoms in total. The molecule has 0 saturated carbocycles. The molecule has 0 amide bonds. The van der Waals surface area contributed by atoms with E-state index in [0.29, 0.717) is 18.3 Å². The van der Waals surface area contributed by atoms with Gasteiger partial charge in [0.1, 0.15) is 0 Å². The number of aliphatic carboxylic acids is 2. The van der Waals surface area contributed by atoms with E-state index >= 15 is 0 Å². The first-order valence-corrected chi connectivity index (χ1v) is 10.4. The van der Waals surface area contributed by atoms with E-state index in [0.717, 1.165) is 25.7 Å². The number of hydrogen-bond acceptors (Lipinski definition) is 2. The molecule has 0 rings (SSSR count). The molecule has 1 unspecified atom stereocenters. The average molecular weight is 371 g/mol. The minimum atomic E-state index is -0.782. The van der Waals surface area contributed by atoms with Gasteiger partial charge in [0.25, 0.3) is 0 Å². The van der Waals surface area contributed by atoms with Crippen LogP contribution in [0, 0.1) is 16.7 Å². The third kappa shape index (κ3) is 13.2. The van der Waals surface area contributed by atoms with Crippen LogP contribution in [0.1, 0.15) is 112 Å². The Bertz CT molecular complexity index is 412. The van der Waals surface area contributed by atoms with E-state index in [9.17, 15) is 14.7 Å². The van der Waals surface area contributed by atoms with Crippen LogP contribution < -0.4 is 0 Å². The van der Waals surface area contributed by atoms with Gasteiger partial charge in [-0.1, -0.05) is 73.1 Å². The highest BCUT2D eigenvalue weighted by molar-refractivity contribution is 5.69. The first-order chi connectivity index (χ1) is 12.0. The second-order valence-electron chi connectivity index (χ2n) is 9.46. The van der Waals surface area contributed by atoms with Crippen LogP contribution in [0.3, 0.4) is 0 Å². The van der Waals surface area contributed by atoms with Gasteiger partial charge in [-0.2, -0.15) is 0 Å². The van der Waals surface area contributed by atoms with Gasteiger partial charge < -0.3 is 10.2 Å². The number of carboxylic acids is 2. The predicted molar refractivity (Wildman–Crippen MR) is 107 cm³/mol. The molecule has 154 valence electrons. The Morgan fingerprint density at radius 3 is 1.88 bits per heavy atom. The summed E-state index contributed by atoms with van der Waals surface area (Å²) >= 11 is 0. The van der Waals surface area contributed by atoms with Crippen LogP contribution in [0.5, 0.6) is 0 Å². The van der Waals surface area contributed by atoms with Crippen molar-refractivity contribution in [1.82, 2.24) is 0 Å². The minimum absolute atomic E-state index is 0.113. The van der Waals surface area contributed by atoms with E-state index in [-0.39, 0.29) is 17.8 Å². The predicted octanol–water partition coefficient (Wildman–Crippen LogP) is 6.53. The maximum atomic E-state index is 11.5. The summed E-state index contributed by atoms with van der Waals surface area (Å²) in [7, 11) is 0. The zero-order chi connectivity index (χ0) is 20.2. The summed E-state index contributed by atoms with van der Waals surface area (Å²) in [6, 6.07) is 0. The lowest BCUT2D eigenvalue weighted by Crippen LogP contribution is -2.19. The molecule has 0 aliphatic rings. The molecule has 0 aromatic rings. The highest BCUT2D eigenvalue weighted by atomic mass is 16.4. The van der Waals surface area contributed by atoms with Crippen LogP contribution >= 0.6 is 0 Å². The third-order valence-corrected chi connectivity index (χ3v) is 5.90. The summed E-state index contributed by atoms with van der Waals surface area (Å²) in [5.74, 6) is -1.78. The molecule has 0 fully saturated rings. The van der Waals surface area contributed by atoms with Crippen molar-refractivity contribution in [2.24, 2.45) is 16.7 Å². The summed E-state index contributed by atoms with van der Waals surface area (Å²) in [5, 5.41) is 18.3. The van der Waals surface area contributed by atoms with Crippen LogP contribution in [0.4, 0.5) is 0 Å². The molecule has 0 bridgehead atoms. The molecule has 26 heavy (non-hydrogen) atoms. The van der Waals surface area contributed by atoms with Gasteiger partial charge in [0.05, 0.1) is 5.92 Å². The number of carbonyl (C=O) groups is 2. The van der Waals surface area contributed by atoms with Gasteiger partial charge in [-0.3, -0.25) is 9.59 Å². The van der Waals surface area contributed by atoms with Crippen LogP contribution in [0.15, 0.2) is 0 Å². The van der Waals surface area contributed by atoms with Crippen molar-refractivity contribution < 1.29 is 19.8 Å². The van der Waals surface area contributed by atoms with Crippen LogP contribution in [-0.4, -0.2) is 22.2 Å². The first-order valence-electron chi connectivity index (χ1n) is 10.4. The van der Waals surface area contributed by atoms with Crippen LogP contribution in [0.2, 0.25) is 0 Å². The molecule has 1 atom stereocenters. The lowest BCUT2D eigenvalue weighted by atomic mass is 9.80. The molecule has 2 N–H and O–H groups in total. The van der Waals surface area contributed by atoms with Gasteiger partial charge in [0.15, 0.2) is 0 Å². The number of rotatable bonds is 16. The number of hydrogen-bond donors (Lipinski definition) is 2. The maximum absolute atomic E-state index is 11.5. The second-order valence-corrected chi connectivity index (χ2v) is 9.46. The van der Waals surface area contributed by atoms with E-state index in [1.807, 2.05) is 13.8 Å². The molecule has 0 radical (unpaired) electrons. The Hall–Kier alpha value is -1.06. The molecule has 0 heterocycles. The SMILES string of the molecule is CCC(C)(C)CCCCCCCC(CCC(C)(C)CCC(=O)O)C(=O)O. The highest BCUT2D eigenvalue weighted by Gasteiger charge is 2.24. The number of unbranched alkanes of at least 4 members (excludes halogenated alkanes) is 4. The lowest BCUT2D eigenvalue weighted by Gasteiger charge is -2.25. The van der Waals surface area contributed by atoms with E-state index in [1.54, 1.807) is 0 Å². The van der Waals surface area contributed by atoms with E-state index in [2.05, 4.69) is 20.8 Å². The second kappa shape index (κ2) is 12.3. The van der Waals surface area contributed by atoms with Gasteiger partial charge >= 0.3 is 11.9 Å². The van der Waals surface area contributed by atoms with Gasteiger partial charge in [0.2, 0.25) is 0 Å². The van der Waals surface area contributed by atoms with Gasteiger partial charge in [-0.15, -0.1) is 0 Å². The van der Waals surface area contributed by atoms with Crippen molar-refractivity contribution in [2.75, 3.05) is 0 Å². The molecular weight excluding hydrogens is 328 g/mol. The average Bonchev–Trinajstić information content (AvgIpc) is 2.54. The molecule has 0 aliphatic heterocycles. The summed E-state index contributed by atoms with van der Waals surface area (Å²) in [5.41, 5.74) is 0.333. The standard InChI is InChI=1S/C22H42O4/c1-6-21(2,3)15-11-9-7-8-10-12-18(20(25)26)13-16-22(4,5)17-14-19(23)24/h18H,6-17H2,1-5H3,(H,23,24)(H,25,26). The fourth-order valence-electron chi connectivity index (χ4n) is 3.23. The van der Waals surface area contributed by atoms with Crippen molar-refractivity contribution in [1.29, 1.82) is 0 Å². The van der Waals surface area contributed by atoms with Crippen molar-refractivity contribution in [3.05, 3.63) is 0 Å². The monoisotopic (exact) mass is 370 g/mol. The molecule has 0 saturated heterocycles. The largest absolute Gasteiger partial charge is 0.481 e. The molecule has 0 aromatic carbocycles. The Balaban J connectivity index is 4.00. The zero-order valence-corrected chi connectivity index (χ0v) is 17.8. The van der Waals surface area contributed by atoms with Gasteiger partial charge in [-0.25, -0.2) is 0 Å². The quantitative estimate of drug-likeness (QED) is 0.303. The van der Waals surface area contributed by atoms with Gasteiger partial charge in [0, 0.05) is 6.42 Å². The van der Waals surface area contributed by atoms with Gasteiger partial charge in [-0.05, 0) is 42.9 Å². The fraction of sp³-hybridized carbons (Fsp3) is 0.909. The van der Waals surface area contributed by atoms with Crippen LogP contribution in [-0.2, 0) is 9.59 Å². The minimum Gasteiger partial charge on any atom is -0.481 e. The summed E-state index contributed by atoms with van der Waals surface area (Å²) in [6.07, 6.45) is 11.2. The summed E-state index contributed by atoms with van der Waals surface area (Å²) in [6.45, 7) is 11.0. The topological polar surface area (TPSA) is 74.6 Å². The Kier molecular flexibility index (Phi) is 11.8. The molecule has 0 aromatic heterocycles. The summed E-state index contributed by atoms with van der Waals surface area (Å²) in [4.78, 5) is 22.2. The molecule has 0 spiro atoms. The number of carboxylic acid groups (broad SMARTS) is 2. The van der Waals surface area contributed by atoms with Crippen molar-refractivity contribution in [2.45, 2.75) is 112 Å². The van der Waals surface area contributed by atoms with E-state index < -0.39 is 11.9 Å². The molecule has 0 aliphatic carbocycles. The molecular formula is C22H42O4.